The summed E-state index contributed by atoms with van der Waals surface area (Å²) in [6.07, 6.45) is 3.37. The quantitative estimate of drug-likeness (QED) is 0.649. The third-order valence-electron chi connectivity index (χ3n) is 3.47. The van der Waals surface area contributed by atoms with Crippen molar-refractivity contribution in [1.29, 1.82) is 0 Å². The number of carbonyl (C=O) groups excluding carboxylic acids is 1. The lowest BCUT2D eigenvalue weighted by molar-refractivity contribution is 0.253. The van der Waals surface area contributed by atoms with Crippen molar-refractivity contribution in [3.05, 3.63) is 83.1 Å². The molecule has 0 aliphatic heterocycles. The molecule has 0 spiro atoms. The number of rotatable bonds is 3. The van der Waals surface area contributed by atoms with E-state index in [0.29, 0.717) is 16.4 Å². The summed E-state index contributed by atoms with van der Waals surface area (Å²) in [5.74, 6) is 0. The lowest BCUT2D eigenvalue weighted by atomic mass is 10.2. The molecule has 0 bridgehead atoms. The first-order chi connectivity index (χ1) is 11.6. The zero-order valence-corrected chi connectivity index (χ0v) is 13.9. The minimum absolute atomic E-state index is 0.257. The van der Waals surface area contributed by atoms with Gasteiger partial charge in [-0.1, -0.05) is 29.3 Å². The molecule has 1 heterocycles. The molecule has 5 heteroatoms. The van der Waals surface area contributed by atoms with E-state index in [1.54, 1.807) is 42.7 Å². The maximum absolute atomic E-state index is 12.4. The van der Waals surface area contributed by atoms with Gasteiger partial charge in [0, 0.05) is 16.9 Å². The van der Waals surface area contributed by atoms with E-state index < -0.39 is 0 Å². The molecule has 2 aromatic carbocycles. The van der Waals surface area contributed by atoms with Crippen LogP contribution in [0.4, 0.5) is 16.2 Å². The highest BCUT2D eigenvalue weighted by Crippen LogP contribution is 2.15. The van der Waals surface area contributed by atoms with E-state index in [1.807, 2.05) is 37.3 Å². The van der Waals surface area contributed by atoms with Crippen LogP contribution < -0.4 is 5.32 Å². The summed E-state index contributed by atoms with van der Waals surface area (Å²) in [4.78, 5) is 16.8. The van der Waals surface area contributed by atoms with Crippen molar-refractivity contribution >= 4 is 35.2 Å². The number of amides is 1. The van der Waals surface area contributed by atoms with Gasteiger partial charge in [0.15, 0.2) is 0 Å². The van der Waals surface area contributed by atoms with Crippen LogP contribution in [0.3, 0.4) is 0 Å². The second-order valence-corrected chi connectivity index (χ2v) is 5.77. The largest absolute Gasteiger partial charge is 0.330 e. The molecule has 0 atom stereocenters. The first kappa shape index (κ1) is 16.0. The van der Waals surface area contributed by atoms with Gasteiger partial charge in [0.1, 0.15) is 0 Å². The van der Waals surface area contributed by atoms with E-state index in [2.05, 4.69) is 10.3 Å². The van der Waals surface area contributed by atoms with Crippen molar-refractivity contribution in [3.63, 3.8) is 0 Å². The molecule has 0 aliphatic rings. The summed E-state index contributed by atoms with van der Waals surface area (Å²) in [5, 5.41) is 3.45. The van der Waals surface area contributed by atoms with E-state index in [1.165, 1.54) is 10.1 Å². The lowest BCUT2D eigenvalue weighted by Gasteiger charge is -2.07. The smallest absolute Gasteiger partial charge is 0.307 e. The highest BCUT2D eigenvalue weighted by molar-refractivity contribution is 6.30. The number of hydrogen-bond acceptors (Lipinski definition) is 2. The number of hydrogen-bond donors (Lipinski definition) is 1. The topological polar surface area (TPSA) is 46.4 Å². The Morgan fingerprint density at radius 1 is 1.08 bits per heavy atom. The van der Waals surface area contributed by atoms with Gasteiger partial charge in [-0.05, 0) is 55.5 Å². The first-order valence-corrected chi connectivity index (χ1v) is 7.85. The van der Waals surface area contributed by atoms with Gasteiger partial charge < -0.3 is 5.32 Å². The summed E-state index contributed by atoms with van der Waals surface area (Å²) < 4.78 is 1.51. The van der Waals surface area contributed by atoms with E-state index >= 15 is 0 Å². The zero-order chi connectivity index (χ0) is 16.9. The third kappa shape index (κ3) is 3.91. The Bertz CT molecular complexity index is 864. The maximum atomic E-state index is 12.4. The molecular weight excluding hydrogens is 322 g/mol. The summed E-state index contributed by atoms with van der Waals surface area (Å²) in [6.45, 7) is 2.03. The maximum Gasteiger partial charge on any atom is 0.330 e. The molecule has 3 rings (SSSR count). The van der Waals surface area contributed by atoms with E-state index in [9.17, 15) is 4.79 Å². The van der Waals surface area contributed by atoms with Gasteiger partial charge in [0.25, 0.3) is 0 Å². The Hall–Kier alpha value is -2.85. The van der Waals surface area contributed by atoms with Crippen molar-refractivity contribution in [1.82, 2.24) is 4.57 Å². The van der Waals surface area contributed by atoms with E-state index in [4.69, 9.17) is 11.6 Å². The predicted molar refractivity (Wildman–Crippen MR) is 98.7 cm³/mol. The minimum Gasteiger partial charge on any atom is -0.307 e. The molecule has 0 unspecified atom stereocenters. The number of carbonyl (C=O) groups is 1. The molecule has 0 aliphatic carbocycles. The molecule has 120 valence electrons. The fourth-order valence-corrected chi connectivity index (χ4v) is 2.30. The van der Waals surface area contributed by atoms with Gasteiger partial charge in [-0.3, -0.25) is 9.56 Å². The third-order valence-corrected chi connectivity index (χ3v) is 3.73. The van der Waals surface area contributed by atoms with Crippen LogP contribution in [0.1, 0.15) is 11.3 Å². The molecular formula is C19H16ClN3O. The molecule has 0 radical (unpaired) electrons. The van der Waals surface area contributed by atoms with Crippen LogP contribution in [-0.2, 0) is 0 Å². The molecule has 0 fully saturated rings. The van der Waals surface area contributed by atoms with Gasteiger partial charge in [0.2, 0.25) is 0 Å². The van der Waals surface area contributed by atoms with E-state index in [0.717, 1.165) is 5.69 Å². The molecule has 24 heavy (non-hydrogen) atoms. The Morgan fingerprint density at radius 2 is 1.79 bits per heavy atom. The Kier molecular flexibility index (Phi) is 4.77. The average molecular weight is 338 g/mol. The van der Waals surface area contributed by atoms with Crippen molar-refractivity contribution in [2.45, 2.75) is 6.92 Å². The van der Waals surface area contributed by atoms with Crippen LogP contribution in [0, 0.1) is 6.92 Å². The van der Waals surface area contributed by atoms with Crippen LogP contribution in [-0.4, -0.2) is 16.8 Å². The fourth-order valence-electron chi connectivity index (χ4n) is 2.17. The van der Waals surface area contributed by atoms with Gasteiger partial charge in [-0.25, -0.2) is 4.79 Å². The molecule has 1 aromatic heterocycles. The van der Waals surface area contributed by atoms with Crippen LogP contribution in [0.25, 0.3) is 0 Å². The number of nitrogens with one attached hydrogen (secondary N) is 1. The Balaban J connectivity index is 1.75. The summed E-state index contributed by atoms with van der Waals surface area (Å²) in [7, 11) is 0. The molecule has 3 aromatic rings. The Labute approximate surface area is 145 Å². The van der Waals surface area contributed by atoms with Gasteiger partial charge >= 0.3 is 6.03 Å². The fraction of sp³-hybridized carbons (Fsp3) is 0.0526. The van der Waals surface area contributed by atoms with Crippen LogP contribution >= 0.6 is 11.6 Å². The number of aryl methyl sites for hydroxylation is 1. The van der Waals surface area contributed by atoms with Crippen LogP contribution in [0.2, 0.25) is 5.02 Å². The zero-order valence-electron chi connectivity index (χ0n) is 13.1. The van der Waals surface area contributed by atoms with E-state index in [-0.39, 0.29) is 6.03 Å². The normalized spacial score (nSPS) is 10.9. The minimum atomic E-state index is -0.257. The summed E-state index contributed by atoms with van der Waals surface area (Å²) in [5.41, 5.74) is 3.40. The van der Waals surface area contributed by atoms with Crippen molar-refractivity contribution in [3.8, 4) is 0 Å². The molecule has 4 nitrogen and oxygen atoms in total. The van der Waals surface area contributed by atoms with Gasteiger partial charge in [-0.2, -0.15) is 0 Å². The van der Waals surface area contributed by atoms with Crippen LogP contribution in [0.5, 0.6) is 0 Å². The predicted octanol–water partition coefficient (Wildman–Crippen LogP) is 5.28. The Morgan fingerprint density at radius 3 is 2.50 bits per heavy atom. The van der Waals surface area contributed by atoms with Gasteiger partial charge in [0.05, 0.1) is 17.6 Å². The molecule has 1 amide bonds. The molecule has 0 saturated heterocycles. The standard InChI is InChI=1S/C19H16ClN3O/c1-14-4-8-16(9-5-14)21-13-18-3-2-12-23(18)19(24)22-17-10-6-15(20)7-11-17/h2-13H,1H3,(H,22,24). The second-order valence-electron chi connectivity index (χ2n) is 5.33. The number of aliphatic imine (C=N–C) groups is 1. The van der Waals surface area contributed by atoms with Crippen LogP contribution in [0.15, 0.2) is 71.9 Å². The summed E-state index contributed by atoms with van der Waals surface area (Å²) >= 11 is 5.85. The summed E-state index contributed by atoms with van der Waals surface area (Å²) in [6, 6.07) is 18.2. The monoisotopic (exact) mass is 337 g/mol. The van der Waals surface area contributed by atoms with Crippen molar-refractivity contribution in [2.75, 3.05) is 5.32 Å². The first-order valence-electron chi connectivity index (χ1n) is 7.47. The highest BCUT2D eigenvalue weighted by atomic mass is 35.5. The van der Waals surface area contributed by atoms with Crippen molar-refractivity contribution in [2.24, 2.45) is 4.99 Å². The SMILES string of the molecule is Cc1ccc(N=Cc2cccn2C(=O)Nc2ccc(Cl)cc2)cc1. The van der Waals surface area contributed by atoms with Gasteiger partial charge in [-0.15, -0.1) is 0 Å². The van der Waals surface area contributed by atoms with Crippen molar-refractivity contribution < 1.29 is 4.79 Å². The average Bonchev–Trinajstić information content (AvgIpc) is 3.05. The second kappa shape index (κ2) is 7.15. The number of nitrogens with zero attached hydrogens (tertiary/aromatic N) is 2. The lowest BCUT2D eigenvalue weighted by Crippen LogP contribution is -2.20. The number of halogens is 1. The number of anilines is 1. The molecule has 0 saturated carbocycles. The number of aromatic nitrogens is 1. The molecule has 1 N–H and O–H groups in total. The number of benzene rings is 2. The highest BCUT2D eigenvalue weighted by Gasteiger charge is 2.08.